The molecule has 1 aromatic carbocycles. The molecule has 3 fully saturated rings. The molecule has 4 aliphatic rings. The van der Waals surface area contributed by atoms with E-state index in [1.807, 2.05) is 13.8 Å². The van der Waals surface area contributed by atoms with Gasteiger partial charge in [-0.1, -0.05) is 23.2 Å². The minimum Gasteiger partial charge on any atom is -0.452 e. The molecule has 13 heteroatoms. The van der Waals surface area contributed by atoms with E-state index in [1.54, 1.807) is 43.0 Å². The zero-order valence-corrected chi connectivity index (χ0v) is 23.8. The molecule has 1 aromatic heterocycles. The van der Waals surface area contributed by atoms with Crippen molar-refractivity contribution >= 4 is 52.3 Å². The summed E-state index contributed by atoms with van der Waals surface area (Å²) in [7, 11) is 0. The first-order valence-electron chi connectivity index (χ1n) is 12.4. The Morgan fingerprint density at radius 1 is 1.10 bits per heavy atom. The van der Waals surface area contributed by atoms with Gasteiger partial charge < -0.3 is 33.2 Å². The van der Waals surface area contributed by atoms with E-state index in [1.165, 1.54) is 6.20 Å². The third-order valence-electron chi connectivity index (χ3n) is 6.76. The van der Waals surface area contributed by atoms with Crippen molar-refractivity contribution in [1.82, 2.24) is 4.98 Å². The lowest BCUT2D eigenvalue weighted by atomic mass is 10.1. The van der Waals surface area contributed by atoms with Crippen LogP contribution in [0.1, 0.15) is 43.7 Å². The molecule has 10 nitrogen and oxygen atoms in total. The predicted octanol–water partition coefficient (Wildman–Crippen LogP) is 4.63. The molecule has 5 atom stereocenters. The summed E-state index contributed by atoms with van der Waals surface area (Å²) in [5.41, 5.74) is 1.49. The molecule has 0 amide bonds. The van der Waals surface area contributed by atoms with Gasteiger partial charge in [0.25, 0.3) is 5.17 Å². The number of benzene rings is 1. The number of halogens is 2. The Balaban J connectivity index is 1.19. The SMILES string of the molecule is CC1(C)O[C@@H]2OC([C@@H]3COC(C)(C)O3)[C@@H](OC(=O)c3ccc(N4Cc5cc(Cl)cc(Cl)c5OC4=S)cn3)[C@@H]2O1. The van der Waals surface area contributed by atoms with Crippen LogP contribution in [0.25, 0.3) is 0 Å². The maximum atomic E-state index is 13.2. The van der Waals surface area contributed by atoms with Gasteiger partial charge in [-0.2, -0.15) is 0 Å². The minimum atomic E-state index is -0.890. The van der Waals surface area contributed by atoms with E-state index in [0.29, 0.717) is 28.0 Å². The zero-order valence-electron chi connectivity index (χ0n) is 21.5. The lowest BCUT2D eigenvalue weighted by Gasteiger charge is -2.31. The summed E-state index contributed by atoms with van der Waals surface area (Å²) in [6.07, 6.45) is -1.76. The summed E-state index contributed by atoms with van der Waals surface area (Å²) in [5, 5.41) is 1.06. The van der Waals surface area contributed by atoms with Crippen LogP contribution in [0, 0.1) is 0 Å². The van der Waals surface area contributed by atoms with Gasteiger partial charge in [-0.3, -0.25) is 4.90 Å². The lowest BCUT2D eigenvalue weighted by Crippen LogP contribution is -2.45. The number of hydrogen-bond acceptors (Lipinski definition) is 10. The van der Waals surface area contributed by atoms with Crippen LogP contribution in [0.3, 0.4) is 0 Å². The van der Waals surface area contributed by atoms with Crippen LogP contribution < -0.4 is 9.64 Å². The summed E-state index contributed by atoms with van der Waals surface area (Å²) in [6.45, 7) is 7.82. The van der Waals surface area contributed by atoms with E-state index in [-0.39, 0.29) is 17.5 Å². The number of esters is 1. The van der Waals surface area contributed by atoms with Crippen molar-refractivity contribution in [1.29, 1.82) is 0 Å². The molecule has 5 heterocycles. The summed E-state index contributed by atoms with van der Waals surface area (Å²) < 4.78 is 41.4. The van der Waals surface area contributed by atoms with E-state index in [2.05, 4.69) is 4.98 Å². The van der Waals surface area contributed by atoms with Gasteiger partial charge in [-0.15, -0.1) is 0 Å². The molecule has 4 aliphatic heterocycles. The standard InChI is InChI=1S/C26H26Cl2N2O8S/c1-25(2)32-11-17(36-25)19-20(21-23(34-19)38-26(3,4)37-21)33-22(31)16-6-5-14(9-29-16)30-10-12-7-13(27)8-15(28)18(12)35-24(30)39/h5-9,17,19-21,23H,10-11H2,1-4H3/t17-,19?,20+,21-,23-/m0/s1. The van der Waals surface area contributed by atoms with E-state index < -0.39 is 48.2 Å². The van der Waals surface area contributed by atoms with Crippen molar-refractivity contribution in [2.45, 2.75) is 76.5 Å². The van der Waals surface area contributed by atoms with Gasteiger partial charge in [0, 0.05) is 10.6 Å². The third-order valence-corrected chi connectivity index (χ3v) is 7.56. The number of anilines is 1. The molecule has 0 spiro atoms. The highest BCUT2D eigenvalue weighted by molar-refractivity contribution is 7.80. The van der Waals surface area contributed by atoms with Gasteiger partial charge in [0.2, 0.25) is 0 Å². The highest BCUT2D eigenvalue weighted by atomic mass is 35.5. The first-order chi connectivity index (χ1) is 18.4. The maximum Gasteiger partial charge on any atom is 0.357 e. The molecule has 0 bridgehead atoms. The second-order valence-corrected chi connectivity index (χ2v) is 11.7. The molecule has 2 aromatic rings. The molecule has 208 valence electrons. The Labute approximate surface area is 240 Å². The van der Waals surface area contributed by atoms with Crippen molar-refractivity contribution in [2.75, 3.05) is 11.5 Å². The van der Waals surface area contributed by atoms with E-state index >= 15 is 0 Å². The summed E-state index contributed by atoms with van der Waals surface area (Å²) in [6, 6.07) is 6.62. The monoisotopic (exact) mass is 596 g/mol. The number of pyridine rings is 1. The van der Waals surface area contributed by atoms with Crippen molar-refractivity contribution in [3.63, 3.8) is 0 Å². The molecule has 0 N–H and O–H groups in total. The lowest BCUT2D eigenvalue weighted by molar-refractivity contribution is -0.232. The Morgan fingerprint density at radius 2 is 1.90 bits per heavy atom. The predicted molar refractivity (Wildman–Crippen MR) is 143 cm³/mol. The Kier molecular flexibility index (Phi) is 6.79. The normalized spacial score (nSPS) is 30.6. The fourth-order valence-corrected chi connectivity index (χ4v) is 5.91. The van der Waals surface area contributed by atoms with Gasteiger partial charge in [-0.25, -0.2) is 9.78 Å². The molecular formula is C26H26Cl2N2O8S. The fraction of sp³-hybridized carbons (Fsp3) is 0.500. The first kappa shape index (κ1) is 27.1. The number of hydrogen-bond donors (Lipinski definition) is 0. The quantitative estimate of drug-likeness (QED) is 0.365. The van der Waals surface area contributed by atoms with Gasteiger partial charge in [0.05, 0.1) is 30.1 Å². The average Bonchev–Trinajstić information content (AvgIpc) is 3.48. The molecule has 3 saturated heterocycles. The van der Waals surface area contributed by atoms with Crippen molar-refractivity contribution in [3.05, 3.63) is 51.8 Å². The van der Waals surface area contributed by atoms with Crippen LogP contribution in [0.5, 0.6) is 5.75 Å². The average molecular weight is 597 g/mol. The fourth-order valence-electron chi connectivity index (χ4n) is 5.08. The molecule has 1 unspecified atom stereocenters. The second-order valence-electron chi connectivity index (χ2n) is 10.5. The van der Waals surface area contributed by atoms with Crippen molar-refractivity contribution in [3.8, 4) is 5.75 Å². The Hall–Kier alpha value is -2.09. The van der Waals surface area contributed by atoms with Crippen LogP contribution in [0.15, 0.2) is 30.5 Å². The number of fused-ring (bicyclic) bond motifs is 2. The number of thiocarbonyl (C=S) groups is 1. The number of carbonyl (C=O) groups is 1. The number of nitrogens with zero attached hydrogens (tertiary/aromatic N) is 2. The largest absolute Gasteiger partial charge is 0.452 e. The van der Waals surface area contributed by atoms with Crippen LogP contribution >= 0.6 is 35.4 Å². The van der Waals surface area contributed by atoms with Gasteiger partial charge in [0.15, 0.2) is 35.8 Å². The number of carbonyl (C=O) groups excluding carboxylic acids is 1. The van der Waals surface area contributed by atoms with Gasteiger partial charge >= 0.3 is 5.97 Å². The summed E-state index contributed by atoms with van der Waals surface area (Å²) >= 11 is 17.8. The number of aromatic nitrogens is 1. The zero-order chi connectivity index (χ0) is 27.7. The maximum absolute atomic E-state index is 13.2. The number of ether oxygens (including phenoxy) is 7. The van der Waals surface area contributed by atoms with Crippen LogP contribution in [0.4, 0.5) is 5.69 Å². The molecule has 0 radical (unpaired) electrons. The van der Waals surface area contributed by atoms with E-state index in [9.17, 15) is 4.79 Å². The third kappa shape index (κ3) is 5.22. The number of rotatable bonds is 4. The molecule has 0 saturated carbocycles. The Bertz CT molecular complexity index is 1320. The van der Waals surface area contributed by atoms with Gasteiger partial charge in [0.1, 0.15) is 17.9 Å². The minimum absolute atomic E-state index is 0.0957. The second kappa shape index (κ2) is 9.78. The Morgan fingerprint density at radius 3 is 2.59 bits per heavy atom. The summed E-state index contributed by atoms with van der Waals surface area (Å²) in [4.78, 5) is 19.3. The van der Waals surface area contributed by atoms with Crippen molar-refractivity contribution in [2.24, 2.45) is 0 Å². The molecule has 6 rings (SSSR count). The van der Waals surface area contributed by atoms with Gasteiger partial charge in [-0.05, 0) is 64.2 Å². The topological polar surface area (TPSA) is 97.8 Å². The van der Waals surface area contributed by atoms with Crippen LogP contribution in [-0.4, -0.2) is 65.0 Å². The highest BCUT2D eigenvalue weighted by Crippen LogP contribution is 2.42. The highest BCUT2D eigenvalue weighted by Gasteiger charge is 2.60. The van der Waals surface area contributed by atoms with E-state index in [0.717, 1.165) is 5.56 Å². The molecule has 39 heavy (non-hydrogen) atoms. The first-order valence-corrected chi connectivity index (χ1v) is 13.5. The van der Waals surface area contributed by atoms with Crippen molar-refractivity contribution < 1.29 is 38.0 Å². The van der Waals surface area contributed by atoms with Crippen LogP contribution in [-0.2, 0) is 35.0 Å². The van der Waals surface area contributed by atoms with E-state index in [4.69, 9.17) is 68.6 Å². The van der Waals surface area contributed by atoms with Crippen LogP contribution in [0.2, 0.25) is 10.0 Å². The molecule has 0 aliphatic carbocycles. The molecular weight excluding hydrogens is 571 g/mol. The summed E-state index contributed by atoms with van der Waals surface area (Å²) in [5.74, 6) is -1.84. The smallest absolute Gasteiger partial charge is 0.357 e.